The van der Waals surface area contributed by atoms with Crippen molar-refractivity contribution in [2.24, 2.45) is 5.92 Å². The molecule has 0 aliphatic carbocycles. The van der Waals surface area contributed by atoms with E-state index in [1.807, 2.05) is 0 Å². The quantitative estimate of drug-likeness (QED) is 0.892. The number of nitrogens with zero attached hydrogens (tertiary/aromatic N) is 3. The van der Waals surface area contributed by atoms with Crippen molar-refractivity contribution in [1.82, 2.24) is 15.1 Å². The fourth-order valence-electron chi connectivity index (χ4n) is 2.38. The summed E-state index contributed by atoms with van der Waals surface area (Å²) in [6, 6.07) is -0.144. The molecule has 2 unspecified atom stereocenters. The Balaban J connectivity index is 1.90. The van der Waals surface area contributed by atoms with Crippen LogP contribution < -0.4 is 5.32 Å². The van der Waals surface area contributed by atoms with Gasteiger partial charge >= 0.3 is 6.03 Å². The van der Waals surface area contributed by atoms with Crippen LogP contribution in [0.2, 0.25) is 0 Å². The van der Waals surface area contributed by atoms with Gasteiger partial charge in [-0.05, 0) is 26.2 Å². The van der Waals surface area contributed by atoms with E-state index in [0.717, 1.165) is 37.2 Å². The lowest BCUT2D eigenvalue weighted by molar-refractivity contribution is 0.0766. The molecule has 0 radical (unpaired) electrons. The van der Waals surface area contributed by atoms with Crippen LogP contribution in [0, 0.1) is 5.92 Å². The molecule has 2 amide bonds. The summed E-state index contributed by atoms with van der Waals surface area (Å²) >= 11 is 1.43. The molecule has 2 atom stereocenters. The van der Waals surface area contributed by atoms with Crippen LogP contribution in [0.25, 0.3) is 0 Å². The predicted octanol–water partition coefficient (Wildman–Crippen LogP) is 2.12. The molecule has 1 aliphatic heterocycles. The number of likely N-dealkylation sites (tertiary alicyclic amines) is 1. The van der Waals surface area contributed by atoms with Crippen LogP contribution in [0.15, 0.2) is 0 Å². The summed E-state index contributed by atoms with van der Waals surface area (Å²) in [7, 11) is 0. The summed E-state index contributed by atoms with van der Waals surface area (Å²) in [6.45, 7) is 5.21. The first-order valence-electron chi connectivity index (χ1n) is 7.16. The number of rotatable bonds is 4. The van der Waals surface area contributed by atoms with E-state index < -0.39 is 0 Å². The zero-order valence-electron chi connectivity index (χ0n) is 12.0. The first-order chi connectivity index (χ1) is 9.60. The number of aliphatic hydroxyl groups is 1. The fourth-order valence-corrected chi connectivity index (χ4v) is 3.21. The monoisotopic (exact) mass is 298 g/mol. The Hall–Kier alpha value is -1.21. The van der Waals surface area contributed by atoms with E-state index in [9.17, 15) is 9.90 Å². The smallest absolute Gasteiger partial charge is 0.323 e. The molecule has 1 aromatic heterocycles. The van der Waals surface area contributed by atoms with Crippen LogP contribution >= 0.6 is 11.3 Å². The Labute approximate surface area is 123 Å². The van der Waals surface area contributed by atoms with Crippen LogP contribution in [0.1, 0.15) is 38.1 Å². The van der Waals surface area contributed by atoms with Crippen molar-refractivity contribution >= 4 is 22.5 Å². The van der Waals surface area contributed by atoms with E-state index >= 15 is 0 Å². The summed E-state index contributed by atoms with van der Waals surface area (Å²) in [6.07, 6.45) is 3.44. The van der Waals surface area contributed by atoms with Gasteiger partial charge in [-0.1, -0.05) is 18.3 Å². The second-order valence-electron chi connectivity index (χ2n) is 5.27. The van der Waals surface area contributed by atoms with Gasteiger partial charge in [-0.3, -0.25) is 5.32 Å². The minimum absolute atomic E-state index is 0.144. The highest BCUT2D eigenvalue weighted by Crippen LogP contribution is 2.21. The van der Waals surface area contributed by atoms with Gasteiger partial charge in [0.25, 0.3) is 0 Å². The summed E-state index contributed by atoms with van der Waals surface area (Å²) < 4.78 is 0. The van der Waals surface area contributed by atoms with E-state index in [1.165, 1.54) is 11.3 Å². The maximum atomic E-state index is 12.2. The van der Waals surface area contributed by atoms with Crippen molar-refractivity contribution in [3.8, 4) is 0 Å². The molecule has 2 heterocycles. The summed E-state index contributed by atoms with van der Waals surface area (Å²) in [5, 5.41) is 22.0. The van der Waals surface area contributed by atoms with Crippen molar-refractivity contribution in [2.75, 3.05) is 18.4 Å². The highest BCUT2D eigenvalue weighted by molar-refractivity contribution is 7.15. The number of carbonyl (C=O) groups excluding carboxylic acids is 1. The number of aliphatic hydroxyl groups excluding tert-OH is 1. The number of nitrogens with one attached hydrogen (secondary N) is 1. The number of aryl methyl sites for hydroxylation is 1. The molecule has 2 rings (SSSR count). The summed E-state index contributed by atoms with van der Waals surface area (Å²) in [4.78, 5) is 13.9. The molecule has 2 N–H and O–H groups in total. The number of piperidine rings is 1. The number of carbonyl (C=O) groups is 1. The van der Waals surface area contributed by atoms with Gasteiger partial charge in [-0.15, -0.1) is 10.2 Å². The van der Waals surface area contributed by atoms with Crippen molar-refractivity contribution in [2.45, 2.75) is 45.6 Å². The third-order valence-electron chi connectivity index (χ3n) is 3.57. The molecular formula is C13H22N4O2S. The van der Waals surface area contributed by atoms with Gasteiger partial charge in [-0.25, -0.2) is 4.79 Å². The van der Waals surface area contributed by atoms with Crippen molar-refractivity contribution < 1.29 is 9.90 Å². The first kappa shape index (κ1) is 15.2. The molecule has 112 valence electrons. The van der Waals surface area contributed by atoms with Gasteiger partial charge in [0, 0.05) is 25.4 Å². The SMILES string of the molecule is CCCc1nnc(NC(=O)N2CCCC(C(C)O)C2)s1. The van der Waals surface area contributed by atoms with Crippen LogP contribution in [-0.2, 0) is 6.42 Å². The van der Waals surface area contributed by atoms with E-state index in [1.54, 1.807) is 11.8 Å². The minimum Gasteiger partial charge on any atom is -0.393 e. The molecule has 6 nitrogen and oxygen atoms in total. The number of amides is 2. The number of urea groups is 1. The lowest BCUT2D eigenvalue weighted by Crippen LogP contribution is -2.44. The van der Waals surface area contributed by atoms with Gasteiger partial charge in [0.15, 0.2) is 0 Å². The predicted molar refractivity (Wildman–Crippen MR) is 78.9 cm³/mol. The second-order valence-corrected chi connectivity index (χ2v) is 6.33. The maximum absolute atomic E-state index is 12.2. The highest BCUT2D eigenvalue weighted by Gasteiger charge is 2.26. The molecule has 1 aromatic rings. The van der Waals surface area contributed by atoms with Gasteiger partial charge in [0.2, 0.25) is 5.13 Å². The normalized spacial score (nSPS) is 20.8. The summed E-state index contributed by atoms with van der Waals surface area (Å²) in [5.74, 6) is 0.166. The Morgan fingerprint density at radius 2 is 2.40 bits per heavy atom. The number of aromatic nitrogens is 2. The van der Waals surface area contributed by atoms with Crippen LogP contribution in [0.3, 0.4) is 0 Å². The maximum Gasteiger partial charge on any atom is 0.323 e. The van der Waals surface area contributed by atoms with Crippen LogP contribution in [0.5, 0.6) is 0 Å². The average Bonchev–Trinajstić information content (AvgIpc) is 2.86. The average molecular weight is 298 g/mol. The van der Waals surface area contributed by atoms with Gasteiger partial charge < -0.3 is 10.0 Å². The van der Waals surface area contributed by atoms with E-state index in [-0.39, 0.29) is 18.1 Å². The largest absolute Gasteiger partial charge is 0.393 e. The molecule has 1 fully saturated rings. The minimum atomic E-state index is -0.372. The Morgan fingerprint density at radius 3 is 3.10 bits per heavy atom. The number of hydrogen-bond acceptors (Lipinski definition) is 5. The van der Waals surface area contributed by atoms with Crippen LogP contribution in [0.4, 0.5) is 9.93 Å². The van der Waals surface area contributed by atoms with Crippen molar-refractivity contribution in [3.05, 3.63) is 5.01 Å². The molecule has 1 aliphatic rings. The lowest BCUT2D eigenvalue weighted by atomic mass is 9.94. The third-order valence-corrected chi connectivity index (χ3v) is 4.47. The zero-order chi connectivity index (χ0) is 14.5. The molecule has 20 heavy (non-hydrogen) atoms. The Kier molecular flexibility index (Phi) is 5.31. The Bertz CT molecular complexity index is 449. The molecule has 0 bridgehead atoms. The van der Waals surface area contributed by atoms with Crippen molar-refractivity contribution in [1.29, 1.82) is 0 Å². The number of hydrogen-bond donors (Lipinski definition) is 2. The lowest BCUT2D eigenvalue weighted by Gasteiger charge is -2.33. The van der Waals surface area contributed by atoms with Gasteiger partial charge in [-0.2, -0.15) is 0 Å². The molecule has 0 saturated carbocycles. The second kappa shape index (κ2) is 6.99. The third kappa shape index (κ3) is 3.89. The highest BCUT2D eigenvalue weighted by atomic mass is 32.1. The van der Waals surface area contributed by atoms with Gasteiger partial charge in [0.05, 0.1) is 6.10 Å². The fraction of sp³-hybridized carbons (Fsp3) is 0.769. The molecular weight excluding hydrogens is 276 g/mol. The number of anilines is 1. The molecule has 1 saturated heterocycles. The standard InChI is InChI=1S/C13H22N4O2S/c1-3-5-11-15-16-12(20-11)14-13(19)17-7-4-6-10(8-17)9(2)18/h9-10,18H,3-8H2,1-2H3,(H,14,16,19). The van der Waals surface area contributed by atoms with E-state index in [4.69, 9.17) is 0 Å². The zero-order valence-corrected chi connectivity index (χ0v) is 12.8. The molecule has 0 spiro atoms. The molecule has 0 aromatic carbocycles. The van der Waals surface area contributed by atoms with E-state index in [2.05, 4.69) is 22.4 Å². The van der Waals surface area contributed by atoms with Gasteiger partial charge in [0.1, 0.15) is 5.01 Å². The van der Waals surface area contributed by atoms with Crippen LogP contribution in [-0.4, -0.2) is 45.4 Å². The Morgan fingerprint density at radius 1 is 1.60 bits per heavy atom. The van der Waals surface area contributed by atoms with E-state index in [0.29, 0.717) is 11.7 Å². The first-order valence-corrected chi connectivity index (χ1v) is 7.98. The summed E-state index contributed by atoms with van der Waals surface area (Å²) in [5.41, 5.74) is 0. The molecule has 7 heteroatoms. The topological polar surface area (TPSA) is 78.4 Å². The van der Waals surface area contributed by atoms with Crippen molar-refractivity contribution in [3.63, 3.8) is 0 Å².